The summed E-state index contributed by atoms with van der Waals surface area (Å²) in [7, 11) is 3.28. The average molecular weight is 371 g/mol. The highest BCUT2D eigenvalue weighted by Crippen LogP contribution is 2.36. The monoisotopic (exact) mass is 371 g/mol. The second kappa shape index (κ2) is 8.01. The van der Waals surface area contributed by atoms with Crippen LogP contribution in [0.1, 0.15) is 5.56 Å². The summed E-state index contributed by atoms with van der Waals surface area (Å²) in [4.78, 5) is 4.59. The zero-order chi connectivity index (χ0) is 19.3. The molecule has 0 saturated carbocycles. The molecule has 1 aromatic heterocycles. The Morgan fingerprint density at radius 3 is 2.21 bits per heavy atom. The molecule has 0 aliphatic rings. The standard InChI is InChI=1S/C24H21NO3/c1-26-22-14-19-12-13-25-24(21(19)15-23(22)27-2)18-8-10-20(11-9-18)28-16-17-6-4-3-5-7-17/h3-15H,16H2,1-2H3. The molecule has 0 saturated heterocycles. The van der Waals surface area contributed by atoms with Gasteiger partial charge in [0, 0.05) is 17.1 Å². The van der Waals surface area contributed by atoms with E-state index in [1.54, 1.807) is 14.2 Å². The Morgan fingerprint density at radius 2 is 1.50 bits per heavy atom. The van der Waals surface area contributed by atoms with Gasteiger partial charge in [-0.2, -0.15) is 0 Å². The normalized spacial score (nSPS) is 10.6. The summed E-state index contributed by atoms with van der Waals surface area (Å²) in [5.74, 6) is 2.22. The summed E-state index contributed by atoms with van der Waals surface area (Å²) in [6.07, 6.45) is 1.81. The molecule has 28 heavy (non-hydrogen) atoms. The molecule has 0 spiro atoms. The number of aromatic nitrogens is 1. The van der Waals surface area contributed by atoms with Crippen molar-refractivity contribution in [2.45, 2.75) is 6.61 Å². The van der Waals surface area contributed by atoms with Crippen molar-refractivity contribution in [3.63, 3.8) is 0 Å². The molecular weight excluding hydrogens is 350 g/mol. The fourth-order valence-electron chi connectivity index (χ4n) is 3.18. The molecule has 0 fully saturated rings. The molecule has 1 heterocycles. The van der Waals surface area contributed by atoms with Gasteiger partial charge in [0.25, 0.3) is 0 Å². The molecule has 4 heteroatoms. The third kappa shape index (κ3) is 3.62. The van der Waals surface area contributed by atoms with Gasteiger partial charge < -0.3 is 14.2 Å². The predicted molar refractivity (Wildman–Crippen MR) is 111 cm³/mol. The van der Waals surface area contributed by atoms with Crippen molar-refractivity contribution in [1.29, 1.82) is 0 Å². The molecular formula is C24H21NO3. The van der Waals surface area contributed by atoms with Crippen LogP contribution >= 0.6 is 0 Å². The molecule has 0 aliphatic carbocycles. The van der Waals surface area contributed by atoms with Crippen molar-refractivity contribution in [2.75, 3.05) is 14.2 Å². The number of hydrogen-bond donors (Lipinski definition) is 0. The Bertz CT molecular complexity index is 1080. The summed E-state index contributed by atoms with van der Waals surface area (Å²) in [6.45, 7) is 0.545. The summed E-state index contributed by atoms with van der Waals surface area (Å²) in [5.41, 5.74) is 3.06. The predicted octanol–water partition coefficient (Wildman–Crippen LogP) is 5.50. The Morgan fingerprint density at radius 1 is 0.786 bits per heavy atom. The SMILES string of the molecule is COc1cc2ccnc(-c3ccc(OCc4ccccc4)cc3)c2cc1OC. The molecule has 140 valence electrons. The zero-order valence-corrected chi connectivity index (χ0v) is 15.9. The lowest BCUT2D eigenvalue weighted by molar-refractivity contribution is 0.306. The van der Waals surface area contributed by atoms with Crippen molar-refractivity contribution in [1.82, 2.24) is 4.98 Å². The van der Waals surface area contributed by atoms with Gasteiger partial charge in [-0.1, -0.05) is 30.3 Å². The molecule has 0 aliphatic heterocycles. The van der Waals surface area contributed by atoms with E-state index in [2.05, 4.69) is 17.1 Å². The van der Waals surface area contributed by atoms with Crippen LogP contribution in [0.25, 0.3) is 22.0 Å². The second-order valence-corrected chi connectivity index (χ2v) is 6.39. The Hall–Kier alpha value is -3.53. The second-order valence-electron chi connectivity index (χ2n) is 6.39. The molecule has 0 radical (unpaired) electrons. The molecule has 0 unspecified atom stereocenters. The number of rotatable bonds is 6. The highest BCUT2D eigenvalue weighted by atomic mass is 16.5. The molecule has 0 N–H and O–H groups in total. The fourth-order valence-corrected chi connectivity index (χ4v) is 3.18. The lowest BCUT2D eigenvalue weighted by Gasteiger charge is -2.12. The van der Waals surface area contributed by atoms with E-state index in [4.69, 9.17) is 14.2 Å². The minimum absolute atomic E-state index is 0.545. The summed E-state index contributed by atoms with van der Waals surface area (Å²) >= 11 is 0. The number of methoxy groups -OCH3 is 2. The molecule has 0 atom stereocenters. The van der Waals surface area contributed by atoms with Gasteiger partial charge >= 0.3 is 0 Å². The molecule has 4 nitrogen and oxygen atoms in total. The topological polar surface area (TPSA) is 40.6 Å². The van der Waals surface area contributed by atoms with Gasteiger partial charge in [0.1, 0.15) is 12.4 Å². The first-order valence-corrected chi connectivity index (χ1v) is 9.06. The van der Waals surface area contributed by atoms with Crippen LogP contribution in [0.3, 0.4) is 0 Å². The summed E-state index contributed by atoms with van der Waals surface area (Å²) < 4.78 is 16.7. The molecule has 0 bridgehead atoms. The Kier molecular flexibility index (Phi) is 5.11. The van der Waals surface area contributed by atoms with Crippen molar-refractivity contribution in [3.8, 4) is 28.5 Å². The van der Waals surface area contributed by atoms with E-state index in [0.29, 0.717) is 18.1 Å². The van der Waals surface area contributed by atoms with E-state index < -0.39 is 0 Å². The number of nitrogens with zero attached hydrogens (tertiary/aromatic N) is 1. The molecule has 4 aromatic rings. The fraction of sp³-hybridized carbons (Fsp3) is 0.125. The number of ether oxygens (including phenoxy) is 3. The lowest BCUT2D eigenvalue weighted by Crippen LogP contribution is -1.95. The molecule has 4 rings (SSSR count). The van der Waals surface area contributed by atoms with Crippen molar-refractivity contribution >= 4 is 10.8 Å². The van der Waals surface area contributed by atoms with E-state index in [9.17, 15) is 0 Å². The zero-order valence-electron chi connectivity index (χ0n) is 15.9. The number of benzene rings is 3. The first-order valence-electron chi connectivity index (χ1n) is 9.06. The third-order valence-corrected chi connectivity index (χ3v) is 4.64. The summed E-state index contributed by atoms with van der Waals surface area (Å²) in [5, 5.41) is 2.06. The van der Waals surface area contributed by atoms with Crippen LogP contribution in [0, 0.1) is 0 Å². The lowest BCUT2D eigenvalue weighted by atomic mass is 10.0. The first kappa shape index (κ1) is 17.9. The average Bonchev–Trinajstić information content (AvgIpc) is 2.77. The Balaban J connectivity index is 1.62. The van der Waals surface area contributed by atoms with Gasteiger partial charge in [-0.25, -0.2) is 0 Å². The minimum atomic E-state index is 0.545. The highest BCUT2D eigenvalue weighted by Gasteiger charge is 2.11. The highest BCUT2D eigenvalue weighted by molar-refractivity contribution is 5.96. The largest absolute Gasteiger partial charge is 0.493 e. The van der Waals surface area contributed by atoms with Gasteiger partial charge in [0.15, 0.2) is 11.5 Å². The minimum Gasteiger partial charge on any atom is -0.493 e. The summed E-state index contributed by atoms with van der Waals surface area (Å²) in [6, 6.07) is 24.0. The maximum atomic E-state index is 5.88. The van der Waals surface area contributed by atoms with E-state index in [-0.39, 0.29) is 0 Å². The van der Waals surface area contributed by atoms with Crippen LogP contribution in [-0.2, 0) is 6.61 Å². The quantitative estimate of drug-likeness (QED) is 0.449. The van der Waals surface area contributed by atoms with E-state index in [1.807, 2.05) is 66.9 Å². The van der Waals surface area contributed by atoms with Crippen LogP contribution in [0.15, 0.2) is 79.0 Å². The van der Waals surface area contributed by atoms with Crippen molar-refractivity contribution < 1.29 is 14.2 Å². The van der Waals surface area contributed by atoms with E-state index in [1.165, 1.54) is 0 Å². The molecule has 3 aromatic carbocycles. The first-order chi connectivity index (χ1) is 13.8. The van der Waals surface area contributed by atoms with Crippen LogP contribution < -0.4 is 14.2 Å². The molecule has 0 amide bonds. The number of fused-ring (bicyclic) bond motifs is 1. The maximum Gasteiger partial charge on any atom is 0.161 e. The van der Waals surface area contributed by atoms with Crippen LogP contribution in [-0.4, -0.2) is 19.2 Å². The third-order valence-electron chi connectivity index (χ3n) is 4.64. The maximum absolute atomic E-state index is 5.88. The van der Waals surface area contributed by atoms with Gasteiger partial charge in [-0.15, -0.1) is 0 Å². The van der Waals surface area contributed by atoms with Gasteiger partial charge in [-0.05, 0) is 53.4 Å². The van der Waals surface area contributed by atoms with Gasteiger partial charge in [0.05, 0.1) is 19.9 Å². The Labute approximate surface area is 164 Å². The van der Waals surface area contributed by atoms with E-state index >= 15 is 0 Å². The van der Waals surface area contributed by atoms with Crippen molar-refractivity contribution in [2.24, 2.45) is 0 Å². The number of pyridine rings is 1. The van der Waals surface area contributed by atoms with Crippen LogP contribution in [0.5, 0.6) is 17.2 Å². The van der Waals surface area contributed by atoms with Crippen molar-refractivity contribution in [3.05, 3.63) is 84.6 Å². The smallest absolute Gasteiger partial charge is 0.161 e. The van der Waals surface area contributed by atoms with E-state index in [0.717, 1.165) is 33.3 Å². The number of hydrogen-bond acceptors (Lipinski definition) is 4. The van der Waals surface area contributed by atoms with Gasteiger partial charge in [0.2, 0.25) is 0 Å². The van der Waals surface area contributed by atoms with Crippen LogP contribution in [0.4, 0.5) is 0 Å². The van der Waals surface area contributed by atoms with Crippen LogP contribution in [0.2, 0.25) is 0 Å². The van der Waals surface area contributed by atoms with Gasteiger partial charge in [-0.3, -0.25) is 4.98 Å².